The topological polar surface area (TPSA) is 12.0 Å². The number of rotatable bonds is 1. The molecule has 7 heavy (non-hydrogen) atoms. The molecule has 2 heteroatoms. The minimum atomic E-state index is 0.847. The van der Waals surface area contributed by atoms with Crippen molar-refractivity contribution in [1.29, 1.82) is 0 Å². The van der Waals surface area contributed by atoms with Crippen LogP contribution in [0.15, 0.2) is 0 Å². The van der Waals surface area contributed by atoms with Crippen LogP contribution in [0, 0.1) is 0 Å². The van der Waals surface area contributed by atoms with Gasteiger partial charge >= 0.3 is 0 Å². The molecule has 1 saturated heterocycles. The zero-order valence-electron chi connectivity index (χ0n) is 4.91. The lowest BCUT2D eigenvalue weighted by molar-refractivity contribution is 0.664. The van der Waals surface area contributed by atoms with E-state index in [0.29, 0.717) is 0 Å². The highest BCUT2D eigenvalue weighted by Crippen LogP contribution is 2.05. The minimum Gasteiger partial charge on any atom is -0.315 e. The second kappa shape index (κ2) is 2.36. The predicted molar refractivity (Wildman–Crippen MR) is 34.4 cm³/mol. The van der Waals surface area contributed by atoms with Gasteiger partial charge in [-0.1, -0.05) is 6.32 Å². The molecule has 1 atom stereocenters. The first-order valence-corrected chi connectivity index (χ1v) is 3.17. The van der Waals surface area contributed by atoms with E-state index in [1.807, 2.05) is 0 Å². The summed E-state index contributed by atoms with van der Waals surface area (Å²) in [5, 5.41) is 3.41. The fourth-order valence-corrected chi connectivity index (χ4v) is 1.11. The summed E-state index contributed by atoms with van der Waals surface area (Å²) in [6.45, 7) is 1.25. The van der Waals surface area contributed by atoms with E-state index >= 15 is 0 Å². The lowest BCUT2D eigenvalue weighted by Crippen LogP contribution is -2.19. The Morgan fingerprint density at radius 2 is 2.57 bits per heavy atom. The van der Waals surface area contributed by atoms with Crippen LogP contribution >= 0.6 is 0 Å². The fourth-order valence-electron chi connectivity index (χ4n) is 1.11. The Morgan fingerprint density at radius 1 is 1.71 bits per heavy atom. The molecule has 1 unspecified atom stereocenters. The van der Waals surface area contributed by atoms with Crippen LogP contribution in [0.1, 0.15) is 12.8 Å². The Labute approximate surface area is 45.9 Å². The summed E-state index contributed by atoms with van der Waals surface area (Å²) in [7, 11) is 2.24. The molecule has 1 nitrogen and oxygen atoms in total. The lowest BCUT2D eigenvalue weighted by atomic mass is 9.97. The second-order valence-corrected chi connectivity index (χ2v) is 2.20. The SMILES string of the molecule is BCC1CCCN1. The molecule has 0 aromatic heterocycles. The van der Waals surface area contributed by atoms with E-state index in [4.69, 9.17) is 0 Å². The van der Waals surface area contributed by atoms with Crippen LogP contribution in [0.3, 0.4) is 0 Å². The van der Waals surface area contributed by atoms with Crippen molar-refractivity contribution in [3.8, 4) is 0 Å². The molecule has 1 heterocycles. The van der Waals surface area contributed by atoms with E-state index in [-0.39, 0.29) is 0 Å². The predicted octanol–water partition coefficient (Wildman–Crippen LogP) is -0.210. The van der Waals surface area contributed by atoms with Crippen molar-refractivity contribution >= 4 is 7.85 Å². The Hall–Kier alpha value is 0.0249. The van der Waals surface area contributed by atoms with Gasteiger partial charge in [-0.25, -0.2) is 0 Å². The van der Waals surface area contributed by atoms with E-state index in [0.717, 1.165) is 6.04 Å². The van der Waals surface area contributed by atoms with Crippen LogP contribution < -0.4 is 5.32 Å². The third-order valence-corrected chi connectivity index (χ3v) is 1.66. The maximum Gasteiger partial charge on any atom is 0.103 e. The summed E-state index contributed by atoms with van der Waals surface area (Å²) < 4.78 is 0. The highest BCUT2D eigenvalue weighted by atomic mass is 14.9. The molecule has 1 rings (SSSR count). The maximum absolute atomic E-state index is 3.41. The highest BCUT2D eigenvalue weighted by Gasteiger charge is 2.09. The summed E-state index contributed by atoms with van der Waals surface area (Å²) in [5.74, 6) is 0. The van der Waals surface area contributed by atoms with Gasteiger partial charge in [0.15, 0.2) is 0 Å². The molecular formula is C5H12BN. The summed E-state index contributed by atoms with van der Waals surface area (Å²) in [6, 6.07) is 0.847. The van der Waals surface area contributed by atoms with Gasteiger partial charge in [0.25, 0.3) is 0 Å². The third kappa shape index (κ3) is 1.20. The van der Waals surface area contributed by atoms with Crippen LogP contribution in [-0.4, -0.2) is 20.4 Å². The van der Waals surface area contributed by atoms with Gasteiger partial charge in [0.1, 0.15) is 7.85 Å². The van der Waals surface area contributed by atoms with Crippen LogP contribution in [0.4, 0.5) is 0 Å². The van der Waals surface area contributed by atoms with Crippen LogP contribution in [-0.2, 0) is 0 Å². The first kappa shape index (κ1) is 5.17. The largest absolute Gasteiger partial charge is 0.315 e. The van der Waals surface area contributed by atoms with Crippen molar-refractivity contribution in [2.75, 3.05) is 6.54 Å². The molecular weight excluding hydrogens is 84.9 g/mol. The van der Waals surface area contributed by atoms with Crippen molar-refractivity contribution in [3.05, 3.63) is 0 Å². The van der Waals surface area contributed by atoms with E-state index in [2.05, 4.69) is 13.2 Å². The van der Waals surface area contributed by atoms with Gasteiger partial charge in [0.2, 0.25) is 0 Å². The molecule has 0 aliphatic carbocycles. The number of hydrogen-bond acceptors (Lipinski definition) is 1. The molecule has 0 aromatic carbocycles. The fraction of sp³-hybridized carbons (Fsp3) is 1.00. The number of nitrogens with one attached hydrogen (secondary N) is 1. The highest BCUT2D eigenvalue weighted by molar-refractivity contribution is 6.08. The van der Waals surface area contributed by atoms with E-state index in [1.54, 1.807) is 0 Å². The average molecular weight is 97.0 g/mol. The van der Waals surface area contributed by atoms with E-state index < -0.39 is 0 Å². The average Bonchev–Trinajstić information content (AvgIpc) is 2.14. The summed E-state index contributed by atoms with van der Waals surface area (Å²) in [4.78, 5) is 0. The van der Waals surface area contributed by atoms with Crippen LogP contribution in [0.25, 0.3) is 0 Å². The molecule has 1 aliphatic heterocycles. The summed E-state index contributed by atoms with van der Waals surface area (Å²) in [5.41, 5.74) is 0. The maximum atomic E-state index is 3.41. The van der Waals surface area contributed by atoms with Crippen molar-refractivity contribution in [2.24, 2.45) is 0 Å². The van der Waals surface area contributed by atoms with Crippen LogP contribution in [0.5, 0.6) is 0 Å². The first-order chi connectivity index (χ1) is 3.43. The molecule has 40 valence electrons. The van der Waals surface area contributed by atoms with Gasteiger partial charge in [-0.15, -0.1) is 0 Å². The Morgan fingerprint density at radius 3 is 2.86 bits per heavy atom. The molecule has 0 saturated carbocycles. The molecule has 0 spiro atoms. The van der Waals surface area contributed by atoms with Gasteiger partial charge in [-0.2, -0.15) is 0 Å². The lowest BCUT2D eigenvalue weighted by Gasteiger charge is -2.02. The zero-order valence-corrected chi connectivity index (χ0v) is 4.91. The molecule has 1 fully saturated rings. The van der Waals surface area contributed by atoms with Crippen LogP contribution in [0.2, 0.25) is 6.32 Å². The van der Waals surface area contributed by atoms with Crippen molar-refractivity contribution in [1.82, 2.24) is 5.32 Å². The molecule has 0 aromatic rings. The summed E-state index contributed by atoms with van der Waals surface area (Å²) in [6.07, 6.45) is 4.09. The third-order valence-electron chi connectivity index (χ3n) is 1.66. The normalized spacial score (nSPS) is 31.1. The Kier molecular flexibility index (Phi) is 1.74. The molecule has 0 radical (unpaired) electrons. The Balaban J connectivity index is 2.14. The second-order valence-electron chi connectivity index (χ2n) is 2.20. The van der Waals surface area contributed by atoms with E-state index in [9.17, 15) is 0 Å². The number of hydrogen-bond donors (Lipinski definition) is 1. The van der Waals surface area contributed by atoms with Crippen molar-refractivity contribution < 1.29 is 0 Å². The van der Waals surface area contributed by atoms with Gasteiger partial charge in [-0.05, 0) is 25.4 Å². The summed E-state index contributed by atoms with van der Waals surface area (Å²) >= 11 is 0. The smallest absolute Gasteiger partial charge is 0.103 e. The van der Waals surface area contributed by atoms with E-state index in [1.165, 1.54) is 25.7 Å². The van der Waals surface area contributed by atoms with Gasteiger partial charge < -0.3 is 5.32 Å². The molecule has 1 aliphatic rings. The van der Waals surface area contributed by atoms with Crippen molar-refractivity contribution in [3.63, 3.8) is 0 Å². The standard InChI is InChI=1S/C5H12BN/c6-4-5-2-1-3-7-5/h5,7H,1-4,6H2. The molecule has 1 N–H and O–H groups in total. The molecule has 0 amide bonds. The minimum absolute atomic E-state index is 0.847. The quantitative estimate of drug-likeness (QED) is 0.446. The Bertz CT molecular complexity index is 50.0. The monoisotopic (exact) mass is 97.1 g/mol. The first-order valence-electron chi connectivity index (χ1n) is 3.17. The molecule has 0 bridgehead atoms. The zero-order chi connectivity index (χ0) is 5.11. The van der Waals surface area contributed by atoms with Gasteiger partial charge in [0.05, 0.1) is 0 Å². The van der Waals surface area contributed by atoms with Gasteiger partial charge in [0, 0.05) is 0 Å². The van der Waals surface area contributed by atoms with Gasteiger partial charge in [-0.3, -0.25) is 0 Å². The van der Waals surface area contributed by atoms with Crippen molar-refractivity contribution in [2.45, 2.75) is 25.2 Å².